The molecule has 0 unspecified atom stereocenters. The fourth-order valence-electron chi connectivity index (χ4n) is 2.15. The predicted octanol–water partition coefficient (Wildman–Crippen LogP) is 2.90. The number of pyridine rings is 1. The summed E-state index contributed by atoms with van der Waals surface area (Å²) in [6, 6.07) is 3.78. The average molecular weight is 299 g/mol. The van der Waals surface area contributed by atoms with Crippen molar-refractivity contribution in [2.45, 2.75) is 13.8 Å². The van der Waals surface area contributed by atoms with Gasteiger partial charge in [0, 0.05) is 17.4 Å². The van der Waals surface area contributed by atoms with Crippen LogP contribution in [0.15, 0.2) is 23.7 Å². The van der Waals surface area contributed by atoms with Crippen LogP contribution in [0.1, 0.15) is 22.9 Å². The summed E-state index contributed by atoms with van der Waals surface area (Å²) in [5.41, 5.74) is 3.01. The zero-order valence-electron chi connectivity index (χ0n) is 11.6. The van der Waals surface area contributed by atoms with Crippen molar-refractivity contribution < 1.29 is 9.59 Å². The number of nitrogens with zero attached hydrogens (tertiary/aromatic N) is 1. The molecule has 0 bridgehead atoms. The molecule has 1 aliphatic heterocycles. The van der Waals surface area contributed by atoms with Crippen molar-refractivity contribution in [3.63, 3.8) is 0 Å². The minimum atomic E-state index is -0.177. The SMILES string of the molecule is CC(=O)Nc1cnc2c(c1)C(=Cc1cc(C)cs1)C(=O)N2. The molecule has 2 N–H and O–H groups in total. The largest absolute Gasteiger partial charge is 0.325 e. The van der Waals surface area contributed by atoms with E-state index < -0.39 is 0 Å². The maximum Gasteiger partial charge on any atom is 0.257 e. The lowest BCUT2D eigenvalue weighted by molar-refractivity contribution is -0.114. The standard InChI is InChI=1S/C15H13N3O2S/c1-8-3-11(21-7-8)5-13-12-4-10(17-9(2)19)6-16-14(12)18-15(13)20/h3-7H,1-2H3,(H,17,19)(H,16,18,20). The van der Waals surface area contributed by atoms with Gasteiger partial charge in [-0.1, -0.05) is 0 Å². The number of anilines is 2. The van der Waals surface area contributed by atoms with Crippen molar-refractivity contribution in [3.05, 3.63) is 39.7 Å². The summed E-state index contributed by atoms with van der Waals surface area (Å²) in [7, 11) is 0. The number of aryl methyl sites for hydroxylation is 1. The van der Waals surface area contributed by atoms with Gasteiger partial charge in [-0.05, 0) is 36.1 Å². The van der Waals surface area contributed by atoms with E-state index in [1.165, 1.54) is 13.1 Å². The van der Waals surface area contributed by atoms with Crippen molar-refractivity contribution >= 4 is 46.3 Å². The minimum absolute atomic E-state index is 0.173. The summed E-state index contributed by atoms with van der Waals surface area (Å²) in [5, 5.41) is 7.44. The smallest absolute Gasteiger partial charge is 0.257 e. The number of carbonyl (C=O) groups is 2. The quantitative estimate of drug-likeness (QED) is 0.838. The zero-order valence-corrected chi connectivity index (χ0v) is 12.4. The molecule has 0 fully saturated rings. The first-order valence-corrected chi connectivity index (χ1v) is 7.27. The number of rotatable bonds is 2. The molecule has 0 aromatic carbocycles. The normalized spacial score (nSPS) is 15.0. The van der Waals surface area contributed by atoms with Crippen LogP contribution in [-0.4, -0.2) is 16.8 Å². The molecule has 0 saturated carbocycles. The Labute approximate surface area is 125 Å². The summed E-state index contributed by atoms with van der Waals surface area (Å²) in [6.45, 7) is 3.44. The summed E-state index contributed by atoms with van der Waals surface area (Å²) >= 11 is 1.58. The molecule has 6 heteroatoms. The first-order valence-electron chi connectivity index (χ1n) is 6.39. The van der Waals surface area contributed by atoms with E-state index >= 15 is 0 Å². The minimum Gasteiger partial charge on any atom is -0.325 e. The number of hydrogen-bond acceptors (Lipinski definition) is 4. The third-order valence-electron chi connectivity index (χ3n) is 3.01. The number of fused-ring (bicyclic) bond motifs is 1. The molecule has 0 spiro atoms. The average Bonchev–Trinajstić information content (AvgIpc) is 2.95. The molecule has 3 heterocycles. The molecule has 106 valence electrons. The lowest BCUT2D eigenvalue weighted by Gasteiger charge is -2.03. The van der Waals surface area contributed by atoms with E-state index in [4.69, 9.17) is 0 Å². The van der Waals surface area contributed by atoms with E-state index in [-0.39, 0.29) is 11.8 Å². The van der Waals surface area contributed by atoms with Gasteiger partial charge in [0.1, 0.15) is 5.82 Å². The third kappa shape index (κ3) is 2.71. The van der Waals surface area contributed by atoms with Crippen LogP contribution in [0.4, 0.5) is 11.5 Å². The summed E-state index contributed by atoms with van der Waals surface area (Å²) < 4.78 is 0. The van der Waals surface area contributed by atoms with Crippen LogP contribution in [0.25, 0.3) is 11.6 Å². The van der Waals surface area contributed by atoms with E-state index in [1.54, 1.807) is 17.4 Å². The molecule has 2 aromatic heterocycles. The van der Waals surface area contributed by atoms with Gasteiger partial charge in [-0.3, -0.25) is 9.59 Å². The second-order valence-corrected chi connectivity index (χ2v) is 5.78. The van der Waals surface area contributed by atoms with E-state index in [9.17, 15) is 9.59 Å². The summed E-state index contributed by atoms with van der Waals surface area (Å²) in [4.78, 5) is 28.4. The molecule has 2 amide bonds. The Hall–Kier alpha value is -2.47. The molecule has 2 aromatic rings. The molecule has 0 saturated heterocycles. The Kier molecular flexibility index (Phi) is 3.31. The van der Waals surface area contributed by atoms with Gasteiger partial charge in [0.15, 0.2) is 0 Å². The summed E-state index contributed by atoms with van der Waals surface area (Å²) in [5.74, 6) is 0.172. The van der Waals surface area contributed by atoms with Crippen LogP contribution in [0.3, 0.4) is 0 Å². The van der Waals surface area contributed by atoms with Gasteiger partial charge in [0.05, 0.1) is 17.5 Å². The number of thiophene rings is 1. The topological polar surface area (TPSA) is 71.1 Å². The van der Waals surface area contributed by atoms with Crippen LogP contribution in [0, 0.1) is 6.92 Å². The maximum atomic E-state index is 12.1. The fraction of sp³-hybridized carbons (Fsp3) is 0.133. The Bertz CT molecular complexity index is 777. The molecule has 3 rings (SSSR count). The van der Waals surface area contributed by atoms with Crippen LogP contribution in [0.5, 0.6) is 0 Å². The second-order valence-electron chi connectivity index (χ2n) is 4.84. The van der Waals surface area contributed by atoms with Crippen molar-refractivity contribution in [1.29, 1.82) is 0 Å². The van der Waals surface area contributed by atoms with E-state index in [0.29, 0.717) is 22.6 Å². The predicted molar refractivity (Wildman–Crippen MR) is 84.1 cm³/mol. The number of hydrogen-bond donors (Lipinski definition) is 2. The lowest BCUT2D eigenvalue weighted by Crippen LogP contribution is -2.06. The van der Waals surface area contributed by atoms with Crippen molar-refractivity contribution in [3.8, 4) is 0 Å². The highest BCUT2D eigenvalue weighted by Crippen LogP contribution is 2.34. The zero-order chi connectivity index (χ0) is 15.0. The Balaban J connectivity index is 2.03. The van der Waals surface area contributed by atoms with Gasteiger partial charge in [-0.15, -0.1) is 11.3 Å². The van der Waals surface area contributed by atoms with Crippen molar-refractivity contribution in [2.24, 2.45) is 0 Å². The molecule has 0 radical (unpaired) electrons. The number of amides is 2. The number of nitrogens with one attached hydrogen (secondary N) is 2. The van der Waals surface area contributed by atoms with E-state index in [0.717, 1.165) is 10.4 Å². The Morgan fingerprint density at radius 3 is 2.90 bits per heavy atom. The molecule has 0 atom stereocenters. The third-order valence-corrected chi connectivity index (χ3v) is 4.01. The molecule has 0 aliphatic carbocycles. The van der Waals surface area contributed by atoms with Gasteiger partial charge in [-0.25, -0.2) is 4.98 Å². The van der Waals surface area contributed by atoms with Crippen LogP contribution < -0.4 is 10.6 Å². The van der Waals surface area contributed by atoms with Gasteiger partial charge in [0.2, 0.25) is 5.91 Å². The van der Waals surface area contributed by atoms with Gasteiger partial charge >= 0.3 is 0 Å². The Morgan fingerprint density at radius 1 is 1.43 bits per heavy atom. The molecule has 1 aliphatic rings. The van der Waals surface area contributed by atoms with Gasteiger partial charge < -0.3 is 10.6 Å². The van der Waals surface area contributed by atoms with E-state index in [2.05, 4.69) is 15.6 Å². The first-order chi connectivity index (χ1) is 10.0. The highest BCUT2D eigenvalue weighted by Gasteiger charge is 2.26. The van der Waals surface area contributed by atoms with Gasteiger partial charge in [-0.2, -0.15) is 0 Å². The lowest BCUT2D eigenvalue weighted by atomic mass is 10.1. The fourth-order valence-corrected chi connectivity index (χ4v) is 2.98. The second kappa shape index (κ2) is 5.14. The highest BCUT2D eigenvalue weighted by molar-refractivity contribution is 7.11. The summed E-state index contributed by atoms with van der Waals surface area (Å²) in [6.07, 6.45) is 3.37. The van der Waals surface area contributed by atoms with Crippen molar-refractivity contribution in [1.82, 2.24) is 4.98 Å². The van der Waals surface area contributed by atoms with E-state index in [1.807, 2.05) is 24.4 Å². The molecular weight excluding hydrogens is 286 g/mol. The van der Waals surface area contributed by atoms with Crippen LogP contribution in [0.2, 0.25) is 0 Å². The molecule has 5 nitrogen and oxygen atoms in total. The van der Waals surface area contributed by atoms with Crippen LogP contribution >= 0.6 is 11.3 Å². The molecular formula is C15H13N3O2S. The maximum absolute atomic E-state index is 12.1. The molecule has 21 heavy (non-hydrogen) atoms. The number of carbonyl (C=O) groups excluding carboxylic acids is 2. The number of aromatic nitrogens is 1. The Morgan fingerprint density at radius 2 is 2.24 bits per heavy atom. The van der Waals surface area contributed by atoms with Crippen LogP contribution in [-0.2, 0) is 9.59 Å². The monoisotopic (exact) mass is 299 g/mol. The highest BCUT2D eigenvalue weighted by atomic mass is 32.1. The first kappa shape index (κ1) is 13.5. The van der Waals surface area contributed by atoms with Crippen molar-refractivity contribution in [2.75, 3.05) is 10.6 Å². The van der Waals surface area contributed by atoms with Gasteiger partial charge in [0.25, 0.3) is 5.91 Å².